The third-order valence-electron chi connectivity index (χ3n) is 3.08. The molecule has 0 saturated heterocycles. The van der Waals surface area contributed by atoms with Gasteiger partial charge in [-0.2, -0.15) is 0 Å². The molecular formula is C15H20N2. The van der Waals surface area contributed by atoms with Crippen molar-refractivity contribution in [1.29, 1.82) is 0 Å². The summed E-state index contributed by atoms with van der Waals surface area (Å²) in [6.07, 6.45) is 4.00. The molecule has 2 aromatic rings. The summed E-state index contributed by atoms with van der Waals surface area (Å²) in [6, 6.07) is 14.9. The molecule has 0 aliphatic rings. The molecule has 0 saturated carbocycles. The second-order valence-electron chi connectivity index (χ2n) is 4.44. The highest BCUT2D eigenvalue weighted by atomic mass is 15.0. The van der Waals surface area contributed by atoms with Gasteiger partial charge in [-0.15, -0.1) is 0 Å². The molecule has 2 rings (SSSR count). The fourth-order valence-corrected chi connectivity index (χ4v) is 2.20. The number of rotatable bonds is 5. The van der Waals surface area contributed by atoms with Crippen LogP contribution < -0.4 is 5.73 Å². The first kappa shape index (κ1) is 11.9. The van der Waals surface area contributed by atoms with E-state index in [0.717, 1.165) is 19.4 Å². The van der Waals surface area contributed by atoms with E-state index in [4.69, 9.17) is 5.73 Å². The minimum atomic E-state index is 0.192. The molecule has 2 nitrogen and oxygen atoms in total. The van der Waals surface area contributed by atoms with E-state index in [1.807, 2.05) is 6.07 Å². The summed E-state index contributed by atoms with van der Waals surface area (Å²) in [5.74, 6) is 0. The highest BCUT2D eigenvalue weighted by Crippen LogP contribution is 2.09. The van der Waals surface area contributed by atoms with Crippen molar-refractivity contribution in [2.24, 2.45) is 5.73 Å². The van der Waals surface area contributed by atoms with Gasteiger partial charge in [0, 0.05) is 30.9 Å². The van der Waals surface area contributed by atoms with E-state index < -0.39 is 0 Å². The molecule has 0 spiro atoms. The summed E-state index contributed by atoms with van der Waals surface area (Å²) in [7, 11) is 0. The molecule has 1 unspecified atom stereocenters. The Labute approximate surface area is 103 Å². The molecule has 0 amide bonds. The summed E-state index contributed by atoms with van der Waals surface area (Å²) >= 11 is 0. The van der Waals surface area contributed by atoms with Crippen LogP contribution in [0.2, 0.25) is 0 Å². The van der Waals surface area contributed by atoms with Crippen molar-refractivity contribution in [3.8, 4) is 0 Å². The van der Waals surface area contributed by atoms with Crippen LogP contribution in [0.4, 0.5) is 0 Å². The number of benzene rings is 1. The van der Waals surface area contributed by atoms with Gasteiger partial charge in [0.1, 0.15) is 0 Å². The van der Waals surface area contributed by atoms with Gasteiger partial charge in [-0.25, -0.2) is 0 Å². The van der Waals surface area contributed by atoms with Crippen molar-refractivity contribution in [1.82, 2.24) is 4.57 Å². The van der Waals surface area contributed by atoms with Gasteiger partial charge in [0.05, 0.1) is 0 Å². The average Bonchev–Trinajstić information content (AvgIpc) is 2.77. The Morgan fingerprint density at radius 2 is 1.82 bits per heavy atom. The molecule has 0 fully saturated rings. The van der Waals surface area contributed by atoms with Gasteiger partial charge in [0.2, 0.25) is 0 Å². The van der Waals surface area contributed by atoms with Crippen LogP contribution in [0.15, 0.2) is 48.7 Å². The van der Waals surface area contributed by atoms with Gasteiger partial charge >= 0.3 is 0 Å². The zero-order chi connectivity index (χ0) is 12.1. The average molecular weight is 228 g/mol. The number of hydrogen-bond donors (Lipinski definition) is 1. The fourth-order valence-electron chi connectivity index (χ4n) is 2.20. The Balaban J connectivity index is 1.96. The summed E-state index contributed by atoms with van der Waals surface area (Å²) in [4.78, 5) is 0. The first-order valence-corrected chi connectivity index (χ1v) is 6.23. The SMILES string of the molecule is CCn1cccc1CC(N)Cc1ccccc1. The third-order valence-corrected chi connectivity index (χ3v) is 3.08. The number of nitrogens with two attached hydrogens (primary N) is 1. The van der Waals surface area contributed by atoms with Crippen LogP contribution in [0.1, 0.15) is 18.2 Å². The zero-order valence-electron chi connectivity index (χ0n) is 10.3. The van der Waals surface area contributed by atoms with Crippen LogP contribution in [0.5, 0.6) is 0 Å². The van der Waals surface area contributed by atoms with Gasteiger partial charge in [-0.05, 0) is 31.0 Å². The van der Waals surface area contributed by atoms with Gasteiger partial charge in [0.25, 0.3) is 0 Å². The van der Waals surface area contributed by atoms with Crippen LogP contribution >= 0.6 is 0 Å². The van der Waals surface area contributed by atoms with Crippen LogP contribution in [-0.2, 0) is 19.4 Å². The minimum absolute atomic E-state index is 0.192. The van der Waals surface area contributed by atoms with Crippen molar-refractivity contribution in [3.63, 3.8) is 0 Å². The predicted octanol–water partition coefficient (Wildman–Crippen LogP) is 2.62. The number of aromatic nitrogens is 1. The maximum Gasteiger partial charge on any atom is 0.0193 e. The Kier molecular flexibility index (Phi) is 3.99. The number of aryl methyl sites for hydroxylation is 1. The van der Waals surface area contributed by atoms with Gasteiger partial charge in [0.15, 0.2) is 0 Å². The summed E-state index contributed by atoms with van der Waals surface area (Å²) in [6.45, 7) is 3.17. The monoisotopic (exact) mass is 228 g/mol. The molecule has 0 radical (unpaired) electrons. The Hall–Kier alpha value is -1.54. The highest BCUT2D eigenvalue weighted by molar-refractivity contribution is 5.17. The van der Waals surface area contributed by atoms with E-state index in [1.165, 1.54) is 11.3 Å². The zero-order valence-corrected chi connectivity index (χ0v) is 10.3. The van der Waals surface area contributed by atoms with Crippen molar-refractivity contribution >= 4 is 0 Å². The maximum absolute atomic E-state index is 6.21. The topological polar surface area (TPSA) is 30.9 Å². The molecule has 0 bridgehead atoms. The van der Waals surface area contributed by atoms with Crippen molar-refractivity contribution < 1.29 is 0 Å². The molecule has 1 aromatic heterocycles. The Bertz CT molecular complexity index is 445. The number of nitrogens with zero attached hydrogens (tertiary/aromatic N) is 1. The molecule has 1 heterocycles. The van der Waals surface area contributed by atoms with Gasteiger partial charge in [-0.3, -0.25) is 0 Å². The summed E-state index contributed by atoms with van der Waals surface area (Å²) < 4.78 is 2.25. The first-order chi connectivity index (χ1) is 8.29. The van der Waals surface area contributed by atoms with E-state index >= 15 is 0 Å². The van der Waals surface area contributed by atoms with Crippen LogP contribution in [0, 0.1) is 0 Å². The largest absolute Gasteiger partial charge is 0.352 e. The summed E-state index contributed by atoms with van der Waals surface area (Å²) in [5.41, 5.74) is 8.85. The van der Waals surface area contributed by atoms with Crippen molar-refractivity contribution in [3.05, 3.63) is 59.9 Å². The third kappa shape index (κ3) is 3.21. The molecule has 1 aromatic carbocycles. The quantitative estimate of drug-likeness (QED) is 0.838. The molecule has 1 atom stereocenters. The van der Waals surface area contributed by atoms with Crippen LogP contribution in [0.25, 0.3) is 0 Å². The van der Waals surface area contributed by atoms with E-state index in [2.05, 4.69) is 54.1 Å². The van der Waals surface area contributed by atoms with Crippen LogP contribution in [0.3, 0.4) is 0 Å². The molecule has 0 aliphatic heterocycles. The molecule has 2 N–H and O–H groups in total. The van der Waals surface area contributed by atoms with Crippen LogP contribution in [-0.4, -0.2) is 10.6 Å². The summed E-state index contributed by atoms with van der Waals surface area (Å²) in [5, 5.41) is 0. The Morgan fingerprint density at radius 1 is 1.06 bits per heavy atom. The fraction of sp³-hybridized carbons (Fsp3) is 0.333. The van der Waals surface area contributed by atoms with E-state index in [0.29, 0.717) is 0 Å². The normalized spacial score (nSPS) is 12.6. The van der Waals surface area contributed by atoms with E-state index in [1.54, 1.807) is 0 Å². The lowest BCUT2D eigenvalue weighted by molar-refractivity contribution is 0.616. The van der Waals surface area contributed by atoms with Crippen molar-refractivity contribution in [2.45, 2.75) is 32.4 Å². The maximum atomic E-state index is 6.21. The standard InChI is InChI=1S/C15H20N2/c1-2-17-10-6-9-15(17)12-14(16)11-13-7-4-3-5-8-13/h3-10,14H,2,11-12,16H2,1H3. The predicted molar refractivity (Wildman–Crippen MR) is 71.9 cm³/mol. The second kappa shape index (κ2) is 5.69. The number of hydrogen-bond acceptors (Lipinski definition) is 1. The van der Waals surface area contributed by atoms with Gasteiger partial charge in [-0.1, -0.05) is 30.3 Å². The molecule has 2 heteroatoms. The highest BCUT2D eigenvalue weighted by Gasteiger charge is 2.07. The second-order valence-corrected chi connectivity index (χ2v) is 4.44. The molecule has 0 aliphatic carbocycles. The van der Waals surface area contributed by atoms with Gasteiger partial charge < -0.3 is 10.3 Å². The molecular weight excluding hydrogens is 208 g/mol. The first-order valence-electron chi connectivity index (χ1n) is 6.23. The lowest BCUT2D eigenvalue weighted by Crippen LogP contribution is -2.26. The van der Waals surface area contributed by atoms with Crippen molar-refractivity contribution in [2.75, 3.05) is 0 Å². The van der Waals surface area contributed by atoms with E-state index in [-0.39, 0.29) is 6.04 Å². The lowest BCUT2D eigenvalue weighted by Gasteiger charge is -2.13. The Morgan fingerprint density at radius 3 is 2.53 bits per heavy atom. The molecule has 17 heavy (non-hydrogen) atoms. The lowest BCUT2D eigenvalue weighted by atomic mass is 10.0. The molecule has 90 valence electrons. The smallest absolute Gasteiger partial charge is 0.0193 e. The minimum Gasteiger partial charge on any atom is -0.352 e. The van der Waals surface area contributed by atoms with E-state index in [9.17, 15) is 0 Å².